The Morgan fingerprint density at radius 2 is 2.12 bits per heavy atom. The molecule has 0 spiro atoms. The maximum Gasteiger partial charge on any atom is 0.226 e. The Balaban J connectivity index is 1.60. The van der Waals surface area contributed by atoms with Gasteiger partial charge in [0.15, 0.2) is 16.8 Å². The highest BCUT2D eigenvalue weighted by atomic mass is 35.5. The van der Waals surface area contributed by atoms with Crippen LogP contribution in [-0.2, 0) is 25.8 Å². The van der Waals surface area contributed by atoms with Gasteiger partial charge in [-0.1, -0.05) is 47.6 Å². The largest absolute Gasteiger partial charge is 0.484 e. The average molecular weight is 366 g/mol. The molecule has 0 aliphatic carbocycles. The molecule has 0 radical (unpaired) electrons. The minimum absolute atomic E-state index is 0.288. The van der Waals surface area contributed by atoms with Crippen molar-refractivity contribution in [2.24, 2.45) is 7.05 Å². The second-order valence-corrected chi connectivity index (χ2v) is 6.27. The SMILES string of the molecule is CCc1nc(CSc2nnc(COc3ccccc3Cl)n2C)no1. The van der Waals surface area contributed by atoms with Gasteiger partial charge in [-0.15, -0.1) is 10.2 Å². The van der Waals surface area contributed by atoms with Gasteiger partial charge in [-0.3, -0.25) is 0 Å². The molecule has 0 atom stereocenters. The molecule has 24 heavy (non-hydrogen) atoms. The fourth-order valence-corrected chi connectivity index (χ4v) is 2.89. The topological polar surface area (TPSA) is 78.9 Å². The molecule has 0 aliphatic heterocycles. The van der Waals surface area contributed by atoms with E-state index in [2.05, 4.69) is 20.3 Å². The Hall–Kier alpha value is -2.06. The minimum Gasteiger partial charge on any atom is -0.484 e. The van der Waals surface area contributed by atoms with Gasteiger partial charge in [-0.2, -0.15) is 4.98 Å². The van der Waals surface area contributed by atoms with E-state index in [0.29, 0.717) is 34.1 Å². The highest BCUT2D eigenvalue weighted by Gasteiger charge is 2.12. The third-order valence-corrected chi connectivity index (χ3v) is 4.59. The smallest absolute Gasteiger partial charge is 0.226 e. The van der Waals surface area contributed by atoms with Crippen molar-refractivity contribution in [1.82, 2.24) is 24.9 Å². The Morgan fingerprint density at radius 1 is 1.29 bits per heavy atom. The number of benzene rings is 1. The van der Waals surface area contributed by atoms with Crippen LogP contribution in [-0.4, -0.2) is 24.9 Å². The van der Waals surface area contributed by atoms with Gasteiger partial charge in [0.2, 0.25) is 5.89 Å². The normalized spacial score (nSPS) is 11.0. The molecule has 3 rings (SSSR count). The molecule has 0 saturated heterocycles. The number of ether oxygens (including phenoxy) is 1. The van der Waals surface area contributed by atoms with Crippen LogP contribution in [0.1, 0.15) is 24.5 Å². The van der Waals surface area contributed by atoms with Crippen molar-refractivity contribution in [3.05, 3.63) is 46.8 Å². The number of hydrogen-bond donors (Lipinski definition) is 0. The molecule has 7 nitrogen and oxygen atoms in total. The van der Waals surface area contributed by atoms with Crippen LogP contribution in [0.2, 0.25) is 5.02 Å². The summed E-state index contributed by atoms with van der Waals surface area (Å²) >= 11 is 7.56. The first-order valence-corrected chi connectivity index (χ1v) is 8.73. The van der Waals surface area contributed by atoms with Crippen molar-refractivity contribution in [2.45, 2.75) is 30.9 Å². The summed E-state index contributed by atoms with van der Waals surface area (Å²) < 4.78 is 12.7. The van der Waals surface area contributed by atoms with Gasteiger partial charge in [0.05, 0.1) is 10.8 Å². The number of thioether (sulfide) groups is 1. The monoisotopic (exact) mass is 365 g/mol. The van der Waals surface area contributed by atoms with Crippen LogP contribution in [0.4, 0.5) is 0 Å². The Labute approximate surface area is 148 Å². The van der Waals surface area contributed by atoms with E-state index in [1.165, 1.54) is 11.8 Å². The maximum atomic E-state index is 6.07. The van der Waals surface area contributed by atoms with Crippen LogP contribution in [0.5, 0.6) is 5.75 Å². The molecule has 9 heteroatoms. The molecule has 3 aromatic rings. The van der Waals surface area contributed by atoms with Crippen molar-refractivity contribution >= 4 is 23.4 Å². The molecule has 0 bridgehead atoms. The van der Waals surface area contributed by atoms with Crippen molar-refractivity contribution in [2.75, 3.05) is 0 Å². The van der Waals surface area contributed by atoms with E-state index in [1.54, 1.807) is 6.07 Å². The average Bonchev–Trinajstić information content (AvgIpc) is 3.19. The number of hydrogen-bond acceptors (Lipinski definition) is 7. The summed E-state index contributed by atoms with van der Waals surface area (Å²) in [5.41, 5.74) is 0. The van der Waals surface area contributed by atoms with E-state index in [4.69, 9.17) is 20.9 Å². The maximum absolute atomic E-state index is 6.07. The predicted octanol–water partition coefficient (Wildman–Crippen LogP) is 3.29. The standard InChI is InChI=1S/C15H16ClN5O2S/c1-3-14-17-12(20-23-14)9-24-15-19-18-13(21(15)2)8-22-11-7-5-4-6-10(11)16/h4-7H,3,8-9H2,1-2H3. The van der Waals surface area contributed by atoms with Crippen LogP contribution in [0.3, 0.4) is 0 Å². The summed E-state index contributed by atoms with van der Waals surface area (Å²) in [5.74, 6) is 3.18. The van der Waals surface area contributed by atoms with E-state index < -0.39 is 0 Å². The summed E-state index contributed by atoms with van der Waals surface area (Å²) in [5, 5.41) is 13.6. The van der Waals surface area contributed by atoms with E-state index in [-0.39, 0.29) is 6.61 Å². The highest BCUT2D eigenvalue weighted by Crippen LogP contribution is 2.25. The second-order valence-electron chi connectivity index (χ2n) is 4.92. The fraction of sp³-hybridized carbons (Fsp3) is 0.333. The number of halogens is 1. The van der Waals surface area contributed by atoms with E-state index in [9.17, 15) is 0 Å². The van der Waals surface area contributed by atoms with Crippen molar-refractivity contribution in [3.63, 3.8) is 0 Å². The molecular weight excluding hydrogens is 350 g/mol. The molecule has 126 valence electrons. The van der Waals surface area contributed by atoms with Crippen LogP contribution in [0.25, 0.3) is 0 Å². The quantitative estimate of drug-likeness (QED) is 0.594. The van der Waals surface area contributed by atoms with Crippen LogP contribution in [0.15, 0.2) is 33.9 Å². The number of aromatic nitrogens is 5. The minimum atomic E-state index is 0.288. The summed E-state index contributed by atoms with van der Waals surface area (Å²) in [6, 6.07) is 7.32. The Kier molecular flexibility index (Phi) is 5.37. The van der Waals surface area contributed by atoms with Crippen molar-refractivity contribution < 1.29 is 9.26 Å². The molecule has 2 heterocycles. The third kappa shape index (κ3) is 3.88. The van der Waals surface area contributed by atoms with Crippen LogP contribution < -0.4 is 4.74 Å². The van der Waals surface area contributed by atoms with Crippen molar-refractivity contribution in [3.8, 4) is 5.75 Å². The zero-order chi connectivity index (χ0) is 16.9. The number of nitrogens with zero attached hydrogens (tertiary/aromatic N) is 5. The lowest BCUT2D eigenvalue weighted by Crippen LogP contribution is -2.04. The first-order chi connectivity index (χ1) is 11.7. The Morgan fingerprint density at radius 3 is 2.88 bits per heavy atom. The lowest BCUT2D eigenvalue weighted by molar-refractivity contribution is 0.290. The molecule has 1 aromatic carbocycles. The van der Waals surface area contributed by atoms with E-state index in [0.717, 1.165) is 11.6 Å². The number of para-hydroxylation sites is 1. The second kappa shape index (κ2) is 7.67. The molecule has 2 aromatic heterocycles. The summed E-state index contributed by atoms with van der Waals surface area (Å²) in [6.45, 7) is 2.26. The van der Waals surface area contributed by atoms with Crippen LogP contribution in [0, 0.1) is 0 Å². The summed E-state index contributed by atoms with van der Waals surface area (Å²) in [4.78, 5) is 4.27. The van der Waals surface area contributed by atoms with Gasteiger partial charge < -0.3 is 13.8 Å². The fourth-order valence-electron chi connectivity index (χ4n) is 1.92. The first-order valence-electron chi connectivity index (χ1n) is 7.37. The first kappa shape index (κ1) is 16.8. The van der Waals surface area contributed by atoms with E-state index >= 15 is 0 Å². The van der Waals surface area contributed by atoms with Gasteiger partial charge in [-0.25, -0.2) is 0 Å². The summed E-state index contributed by atoms with van der Waals surface area (Å²) in [6.07, 6.45) is 0.727. The number of rotatable bonds is 7. The van der Waals surface area contributed by atoms with E-state index in [1.807, 2.05) is 36.7 Å². The van der Waals surface area contributed by atoms with Gasteiger partial charge in [0.1, 0.15) is 12.4 Å². The molecule has 0 unspecified atom stereocenters. The van der Waals surface area contributed by atoms with Crippen LogP contribution >= 0.6 is 23.4 Å². The number of aryl methyl sites for hydroxylation is 1. The lowest BCUT2D eigenvalue weighted by Gasteiger charge is -2.07. The predicted molar refractivity (Wildman–Crippen MR) is 90.0 cm³/mol. The molecule has 0 amide bonds. The molecule has 0 fully saturated rings. The van der Waals surface area contributed by atoms with Gasteiger partial charge in [-0.05, 0) is 12.1 Å². The van der Waals surface area contributed by atoms with Gasteiger partial charge in [0, 0.05) is 13.5 Å². The highest BCUT2D eigenvalue weighted by molar-refractivity contribution is 7.98. The Bertz CT molecular complexity index is 820. The van der Waals surface area contributed by atoms with Gasteiger partial charge in [0.25, 0.3) is 0 Å². The molecular formula is C15H16ClN5O2S. The zero-order valence-corrected chi connectivity index (χ0v) is 14.8. The molecule has 0 saturated carbocycles. The van der Waals surface area contributed by atoms with Crippen molar-refractivity contribution in [1.29, 1.82) is 0 Å². The lowest BCUT2D eigenvalue weighted by atomic mass is 10.3. The zero-order valence-electron chi connectivity index (χ0n) is 13.3. The molecule has 0 aliphatic rings. The summed E-state index contributed by atoms with van der Waals surface area (Å²) in [7, 11) is 1.89. The third-order valence-electron chi connectivity index (χ3n) is 3.26. The molecule has 0 N–H and O–H groups in total. The van der Waals surface area contributed by atoms with Gasteiger partial charge >= 0.3 is 0 Å².